The number of carbonyl (C=O) groups excluding carboxylic acids is 1. The standard InChI is InChI=1S/C22H27N5O/c1-25-9-10-26(2)20(15-25)14-23-22(28)18-6-4-5-16(11-18)17-7-8-21-19(12-17)13-24-27(21)3/h4-8,11-13,20H,9-10,14-15H2,1-3H3,(H,23,28)/t20-/m1/s1. The van der Waals surface area contributed by atoms with Crippen LogP contribution in [0, 0.1) is 0 Å². The molecule has 0 spiro atoms. The Hall–Kier alpha value is -2.70. The van der Waals surface area contributed by atoms with Gasteiger partial charge >= 0.3 is 0 Å². The van der Waals surface area contributed by atoms with Crippen LogP contribution in [0.2, 0.25) is 0 Å². The first-order valence-corrected chi connectivity index (χ1v) is 9.70. The Morgan fingerprint density at radius 3 is 2.79 bits per heavy atom. The lowest BCUT2D eigenvalue weighted by molar-refractivity contribution is 0.0881. The van der Waals surface area contributed by atoms with Gasteiger partial charge in [-0.3, -0.25) is 14.4 Å². The summed E-state index contributed by atoms with van der Waals surface area (Å²) in [7, 11) is 6.19. The summed E-state index contributed by atoms with van der Waals surface area (Å²) in [6.45, 7) is 3.74. The van der Waals surface area contributed by atoms with Crippen molar-refractivity contribution in [2.75, 3.05) is 40.3 Å². The molecule has 6 nitrogen and oxygen atoms in total. The minimum absolute atomic E-state index is 0.0223. The van der Waals surface area contributed by atoms with E-state index in [1.54, 1.807) is 0 Å². The monoisotopic (exact) mass is 377 g/mol. The first-order valence-electron chi connectivity index (χ1n) is 9.70. The predicted molar refractivity (Wildman–Crippen MR) is 112 cm³/mol. The third-order valence-corrected chi connectivity index (χ3v) is 5.68. The van der Waals surface area contributed by atoms with Crippen molar-refractivity contribution < 1.29 is 4.79 Å². The molecule has 28 heavy (non-hydrogen) atoms. The zero-order valence-corrected chi connectivity index (χ0v) is 16.7. The molecule has 1 amide bonds. The largest absolute Gasteiger partial charge is 0.350 e. The Kier molecular flexibility index (Phi) is 5.15. The van der Waals surface area contributed by atoms with Crippen molar-refractivity contribution in [1.29, 1.82) is 0 Å². The Balaban J connectivity index is 1.48. The number of nitrogens with zero attached hydrogens (tertiary/aromatic N) is 4. The number of piperazine rings is 1. The van der Waals surface area contributed by atoms with Crippen molar-refractivity contribution in [2.24, 2.45) is 7.05 Å². The van der Waals surface area contributed by atoms with Crippen LogP contribution in [0.25, 0.3) is 22.0 Å². The Morgan fingerprint density at radius 1 is 1.11 bits per heavy atom. The molecule has 1 aromatic heterocycles. The number of aromatic nitrogens is 2. The van der Waals surface area contributed by atoms with Gasteiger partial charge in [-0.05, 0) is 49.5 Å². The molecule has 1 saturated heterocycles. The first kappa shape index (κ1) is 18.7. The van der Waals surface area contributed by atoms with Gasteiger partial charge in [0.2, 0.25) is 0 Å². The van der Waals surface area contributed by atoms with E-state index in [0.29, 0.717) is 18.2 Å². The number of hydrogen-bond acceptors (Lipinski definition) is 4. The number of amides is 1. The lowest BCUT2D eigenvalue weighted by Crippen LogP contribution is -2.54. The van der Waals surface area contributed by atoms with Gasteiger partial charge in [-0.25, -0.2) is 0 Å². The quantitative estimate of drug-likeness (QED) is 0.758. The molecule has 0 aliphatic carbocycles. The van der Waals surface area contributed by atoms with Gasteiger partial charge in [-0.15, -0.1) is 0 Å². The maximum absolute atomic E-state index is 12.7. The molecule has 1 atom stereocenters. The Bertz CT molecular complexity index is 996. The van der Waals surface area contributed by atoms with Crippen LogP contribution >= 0.6 is 0 Å². The van der Waals surface area contributed by atoms with Crippen LogP contribution in [0.1, 0.15) is 10.4 Å². The molecule has 0 saturated carbocycles. The highest BCUT2D eigenvalue weighted by Crippen LogP contribution is 2.25. The average molecular weight is 377 g/mol. The minimum Gasteiger partial charge on any atom is -0.350 e. The molecule has 1 N–H and O–H groups in total. The number of aryl methyl sites for hydroxylation is 1. The molecule has 3 aromatic rings. The molecule has 2 heterocycles. The second-order valence-electron chi connectivity index (χ2n) is 7.73. The minimum atomic E-state index is -0.0223. The fourth-order valence-corrected chi connectivity index (χ4v) is 3.82. The van der Waals surface area contributed by atoms with E-state index in [1.807, 2.05) is 42.2 Å². The molecule has 6 heteroatoms. The lowest BCUT2D eigenvalue weighted by atomic mass is 10.0. The normalized spacial score (nSPS) is 18.5. The molecule has 0 unspecified atom stereocenters. The Morgan fingerprint density at radius 2 is 1.93 bits per heavy atom. The van der Waals surface area contributed by atoms with Crippen molar-refractivity contribution in [3.63, 3.8) is 0 Å². The number of nitrogens with one attached hydrogen (secondary N) is 1. The molecule has 2 aromatic carbocycles. The third kappa shape index (κ3) is 3.79. The third-order valence-electron chi connectivity index (χ3n) is 5.68. The summed E-state index contributed by atoms with van der Waals surface area (Å²) < 4.78 is 1.86. The van der Waals surface area contributed by atoms with E-state index >= 15 is 0 Å². The van der Waals surface area contributed by atoms with Gasteiger partial charge in [0.15, 0.2) is 0 Å². The van der Waals surface area contributed by atoms with Gasteiger partial charge in [0.05, 0.1) is 11.7 Å². The number of fused-ring (bicyclic) bond motifs is 1. The maximum atomic E-state index is 12.7. The average Bonchev–Trinajstić information content (AvgIpc) is 3.09. The van der Waals surface area contributed by atoms with Crippen LogP contribution in [0.4, 0.5) is 0 Å². The van der Waals surface area contributed by atoms with Gasteiger partial charge in [-0.1, -0.05) is 18.2 Å². The summed E-state index contributed by atoms with van der Waals surface area (Å²) >= 11 is 0. The molecule has 1 aliphatic heterocycles. The first-order chi connectivity index (χ1) is 13.5. The number of benzene rings is 2. The van der Waals surface area contributed by atoms with Crippen LogP contribution in [0.5, 0.6) is 0 Å². The molecule has 1 fully saturated rings. The van der Waals surface area contributed by atoms with E-state index in [0.717, 1.165) is 41.7 Å². The second-order valence-corrected chi connectivity index (χ2v) is 7.73. The number of carbonyl (C=O) groups is 1. The van der Waals surface area contributed by atoms with Gasteiger partial charge in [0.1, 0.15) is 0 Å². The van der Waals surface area contributed by atoms with Gasteiger partial charge in [0.25, 0.3) is 5.91 Å². The summed E-state index contributed by atoms with van der Waals surface area (Å²) in [5.41, 5.74) is 3.91. The molecule has 0 bridgehead atoms. The van der Waals surface area contributed by atoms with Crippen molar-refractivity contribution in [3.05, 3.63) is 54.2 Å². The van der Waals surface area contributed by atoms with Crippen LogP contribution in [0.3, 0.4) is 0 Å². The number of rotatable bonds is 4. The Labute approximate surface area is 165 Å². The maximum Gasteiger partial charge on any atom is 0.251 e. The van der Waals surface area contributed by atoms with Crippen LogP contribution in [-0.4, -0.2) is 71.8 Å². The SMILES string of the molecule is CN1CCN(C)[C@H](CNC(=O)c2cccc(-c3ccc4c(cnn4C)c3)c2)C1. The fourth-order valence-electron chi connectivity index (χ4n) is 3.82. The van der Waals surface area contributed by atoms with Crippen molar-refractivity contribution in [1.82, 2.24) is 24.9 Å². The summed E-state index contributed by atoms with van der Waals surface area (Å²) in [5, 5.41) is 8.51. The van der Waals surface area contributed by atoms with E-state index in [4.69, 9.17) is 0 Å². The topological polar surface area (TPSA) is 53.4 Å². The predicted octanol–water partition coefficient (Wildman–Crippen LogP) is 2.22. The number of likely N-dealkylation sites (N-methyl/N-ethyl adjacent to an activating group) is 2. The highest BCUT2D eigenvalue weighted by Gasteiger charge is 2.22. The van der Waals surface area contributed by atoms with Crippen LogP contribution < -0.4 is 5.32 Å². The van der Waals surface area contributed by atoms with E-state index in [2.05, 4.69) is 52.5 Å². The summed E-state index contributed by atoms with van der Waals surface area (Å²) in [6, 6.07) is 14.4. The molecular formula is C22H27N5O. The van der Waals surface area contributed by atoms with Gasteiger partial charge < -0.3 is 10.2 Å². The van der Waals surface area contributed by atoms with Crippen LogP contribution in [0.15, 0.2) is 48.7 Å². The zero-order valence-electron chi connectivity index (χ0n) is 16.7. The highest BCUT2D eigenvalue weighted by molar-refractivity contribution is 5.96. The summed E-state index contributed by atoms with van der Waals surface area (Å²) in [4.78, 5) is 17.3. The van der Waals surface area contributed by atoms with Crippen molar-refractivity contribution in [2.45, 2.75) is 6.04 Å². The zero-order chi connectivity index (χ0) is 19.7. The summed E-state index contributed by atoms with van der Waals surface area (Å²) in [5.74, 6) is -0.0223. The van der Waals surface area contributed by atoms with Gasteiger partial charge in [0, 0.05) is 50.2 Å². The lowest BCUT2D eigenvalue weighted by Gasteiger charge is -2.37. The summed E-state index contributed by atoms with van der Waals surface area (Å²) in [6.07, 6.45) is 1.87. The van der Waals surface area contributed by atoms with E-state index in [1.165, 1.54) is 0 Å². The molecule has 4 rings (SSSR count). The van der Waals surface area contributed by atoms with E-state index in [9.17, 15) is 4.79 Å². The smallest absolute Gasteiger partial charge is 0.251 e. The molecule has 1 aliphatic rings. The molecular weight excluding hydrogens is 350 g/mol. The molecule has 146 valence electrons. The molecule has 0 radical (unpaired) electrons. The van der Waals surface area contributed by atoms with E-state index < -0.39 is 0 Å². The van der Waals surface area contributed by atoms with Crippen molar-refractivity contribution >= 4 is 16.8 Å². The fraction of sp³-hybridized carbons (Fsp3) is 0.364. The van der Waals surface area contributed by atoms with Crippen LogP contribution in [-0.2, 0) is 7.05 Å². The van der Waals surface area contributed by atoms with E-state index in [-0.39, 0.29) is 5.91 Å². The van der Waals surface area contributed by atoms with Crippen molar-refractivity contribution in [3.8, 4) is 11.1 Å². The van der Waals surface area contributed by atoms with Gasteiger partial charge in [-0.2, -0.15) is 5.10 Å². The number of hydrogen-bond donors (Lipinski definition) is 1. The second kappa shape index (κ2) is 7.73. The highest BCUT2D eigenvalue weighted by atomic mass is 16.1.